The summed E-state index contributed by atoms with van der Waals surface area (Å²) in [6, 6.07) is 7.85. The third-order valence-corrected chi connectivity index (χ3v) is 3.53. The quantitative estimate of drug-likeness (QED) is 0.858. The largest absolute Gasteiger partial charge is 0.361 e. The molecule has 4 nitrogen and oxygen atoms in total. The summed E-state index contributed by atoms with van der Waals surface area (Å²) in [5.74, 6) is 0.877. The lowest BCUT2D eigenvalue weighted by Crippen LogP contribution is -2.31. The van der Waals surface area contributed by atoms with E-state index < -0.39 is 0 Å². The van der Waals surface area contributed by atoms with Crippen molar-refractivity contribution in [3.63, 3.8) is 0 Å². The number of likely N-dealkylation sites (N-methyl/N-ethyl adjacent to an activating group) is 1. The number of aromatic amines is 1. The zero-order chi connectivity index (χ0) is 12.7. The Labute approximate surface area is 105 Å². The average molecular weight is 241 g/mol. The molecule has 2 heterocycles. The highest BCUT2D eigenvalue weighted by Crippen LogP contribution is 2.22. The molecular weight excluding hydrogens is 226 g/mol. The van der Waals surface area contributed by atoms with Crippen molar-refractivity contribution in [1.82, 2.24) is 9.88 Å². The molecule has 1 aliphatic heterocycles. The van der Waals surface area contributed by atoms with E-state index in [1.165, 1.54) is 5.39 Å². The predicted octanol–water partition coefficient (Wildman–Crippen LogP) is 1.97. The highest BCUT2D eigenvalue weighted by atomic mass is 16.2. The van der Waals surface area contributed by atoms with Gasteiger partial charge in [0, 0.05) is 30.6 Å². The highest BCUT2D eigenvalue weighted by molar-refractivity contribution is 6.04. The first-order chi connectivity index (χ1) is 8.66. The molecule has 92 valence electrons. The number of carbonyl (C=O) groups excluding carboxylic acids is 1. The summed E-state index contributed by atoms with van der Waals surface area (Å²) in [5, 5.41) is 1.17. The minimum absolute atomic E-state index is 0.0813. The van der Waals surface area contributed by atoms with Crippen LogP contribution in [0.2, 0.25) is 0 Å². The summed E-state index contributed by atoms with van der Waals surface area (Å²) in [6.07, 6.45) is 2.63. The molecule has 1 atom stereocenters. The van der Waals surface area contributed by atoms with E-state index in [0.717, 1.165) is 16.9 Å². The maximum Gasteiger partial charge on any atom is 0.252 e. The molecule has 1 aromatic heterocycles. The normalized spacial score (nSPS) is 19.7. The molecule has 3 rings (SSSR count). The number of para-hydroxylation sites is 1. The van der Waals surface area contributed by atoms with Crippen LogP contribution < -0.4 is 0 Å². The van der Waals surface area contributed by atoms with Crippen LogP contribution in [-0.2, 0) is 11.2 Å². The van der Waals surface area contributed by atoms with Crippen LogP contribution in [0.5, 0.6) is 0 Å². The smallest absolute Gasteiger partial charge is 0.252 e. The molecule has 0 fully saturated rings. The van der Waals surface area contributed by atoms with Gasteiger partial charge in [-0.3, -0.25) is 9.79 Å². The molecule has 2 aromatic rings. The van der Waals surface area contributed by atoms with Crippen molar-refractivity contribution in [2.75, 3.05) is 7.05 Å². The van der Waals surface area contributed by atoms with Gasteiger partial charge in [0.15, 0.2) is 0 Å². The Balaban J connectivity index is 1.92. The lowest BCUT2D eigenvalue weighted by atomic mass is 10.1. The second-order valence-corrected chi connectivity index (χ2v) is 4.65. The molecule has 1 unspecified atom stereocenters. The molecule has 1 aromatic carbocycles. The zero-order valence-corrected chi connectivity index (χ0v) is 10.5. The van der Waals surface area contributed by atoms with Crippen molar-refractivity contribution in [3.05, 3.63) is 36.0 Å². The number of amides is 1. The molecule has 0 aliphatic carbocycles. The lowest BCUT2D eigenvalue weighted by molar-refractivity contribution is -0.126. The number of benzene rings is 1. The number of carbonyl (C=O) groups is 1. The standard InChI is InChI=1S/C14H15N3O/c1-9-16-13(14(18)17(9)2)7-10-8-15-12-6-4-3-5-11(10)12/h3-6,8,13,15H,7H2,1-2H3. The van der Waals surface area contributed by atoms with E-state index >= 15 is 0 Å². The fourth-order valence-corrected chi connectivity index (χ4v) is 2.39. The van der Waals surface area contributed by atoms with E-state index in [-0.39, 0.29) is 11.9 Å². The van der Waals surface area contributed by atoms with Crippen LogP contribution in [0.1, 0.15) is 12.5 Å². The van der Waals surface area contributed by atoms with Gasteiger partial charge in [0.05, 0.1) is 0 Å². The monoisotopic (exact) mass is 241 g/mol. The lowest BCUT2D eigenvalue weighted by Gasteiger charge is -2.09. The molecule has 0 saturated heterocycles. The Bertz CT molecular complexity index is 641. The third kappa shape index (κ3) is 1.61. The number of rotatable bonds is 2. The van der Waals surface area contributed by atoms with Crippen LogP contribution in [0.25, 0.3) is 10.9 Å². The Morgan fingerprint density at radius 1 is 1.39 bits per heavy atom. The zero-order valence-electron chi connectivity index (χ0n) is 10.5. The number of H-pyrrole nitrogens is 1. The molecule has 1 amide bonds. The summed E-state index contributed by atoms with van der Waals surface area (Å²) in [6.45, 7) is 1.87. The predicted molar refractivity (Wildman–Crippen MR) is 71.7 cm³/mol. The van der Waals surface area contributed by atoms with Crippen molar-refractivity contribution in [1.29, 1.82) is 0 Å². The van der Waals surface area contributed by atoms with Gasteiger partial charge >= 0.3 is 0 Å². The Morgan fingerprint density at radius 3 is 2.89 bits per heavy atom. The van der Waals surface area contributed by atoms with E-state index in [4.69, 9.17) is 0 Å². The van der Waals surface area contributed by atoms with Gasteiger partial charge in [-0.2, -0.15) is 0 Å². The van der Waals surface area contributed by atoms with Gasteiger partial charge in [-0.25, -0.2) is 0 Å². The average Bonchev–Trinajstić information content (AvgIpc) is 2.89. The summed E-state index contributed by atoms with van der Waals surface area (Å²) in [5.41, 5.74) is 2.25. The van der Waals surface area contributed by atoms with Crippen LogP contribution >= 0.6 is 0 Å². The Morgan fingerprint density at radius 2 is 2.17 bits per heavy atom. The van der Waals surface area contributed by atoms with Gasteiger partial charge in [-0.05, 0) is 18.6 Å². The van der Waals surface area contributed by atoms with E-state index in [1.807, 2.05) is 31.3 Å². The second kappa shape index (κ2) is 3.98. The molecule has 1 aliphatic rings. The van der Waals surface area contributed by atoms with E-state index in [1.54, 1.807) is 11.9 Å². The van der Waals surface area contributed by atoms with Crippen molar-refractivity contribution in [2.24, 2.45) is 4.99 Å². The van der Waals surface area contributed by atoms with Gasteiger partial charge in [-0.15, -0.1) is 0 Å². The molecule has 0 spiro atoms. The number of aliphatic imine (C=N–C) groups is 1. The first kappa shape index (κ1) is 11.0. The maximum absolute atomic E-state index is 12.0. The van der Waals surface area contributed by atoms with Crippen molar-refractivity contribution in [3.8, 4) is 0 Å². The van der Waals surface area contributed by atoms with E-state index in [0.29, 0.717) is 6.42 Å². The number of nitrogens with zero attached hydrogens (tertiary/aromatic N) is 2. The SMILES string of the molecule is CC1=NC(Cc2c[nH]c3ccccc23)C(=O)N1C. The molecule has 1 N–H and O–H groups in total. The minimum Gasteiger partial charge on any atom is -0.361 e. The van der Waals surface area contributed by atoms with Crippen LogP contribution in [0, 0.1) is 0 Å². The number of nitrogens with one attached hydrogen (secondary N) is 1. The van der Waals surface area contributed by atoms with Gasteiger partial charge in [-0.1, -0.05) is 18.2 Å². The third-order valence-electron chi connectivity index (χ3n) is 3.53. The fourth-order valence-electron chi connectivity index (χ4n) is 2.39. The van der Waals surface area contributed by atoms with Crippen LogP contribution in [0.3, 0.4) is 0 Å². The number of fused-ring (bicyclic) bond motifs is 1. The molecule has 0 saturated carbocycles. The summed E-state index contributed by atoms with van der Waals surface area (Å²) in [7, 11) is 1.77. The number of aromatic nitrogens is 1. The number of amidine groups is 1. The first-order valence-corrected chi connectivity index (χ1v) is 6.04. The van der Waals surface area contributed by atoms with Crippen molar-refractivity contribution in [2.45, 2.75) is 19.4 Å². The summed E-state index contributed by atoms with van der Waals surface area (Å²) >= 11 is 0. The summed E-state index contributed by atoms with van der Waals surface area (Å²) < 4.78 is 0. The fraction of sp³-hybridized carbons (Fsp3) is 0.286. The van der Waals surface area contributed by atoms with E-state index in [9.17, 15) is 4.79 Å². The molecule has 0 bridgehead atoms. The van der Waals surface area contributed by atoms with Crippen LogP contribution in [-0.4, -0.2) is 34.7 Å². The molecule has 0 radical (unpaired) electrons. The van der Waals surface area contributed by atoms with Gasteiger partial charge in [0.2, 0.25) is 0 Å². The van der Waals surface area contributed by atoms with E-state index in [2.05, 4.69) is 16.0 Å². The second-order valence-electron chi connectivity index (χ2n) is 4.65. The van der Waals surface area contributed by atoms with Gasteiger partial charge in [0.1, 0.15) is 11.9 Å². The maximum atomic E-state index is 12.0. The van der Waals surface area contributed by atoms with Crippen molar-refractivity contribution >= 4 is 22.6 Å². The first-order valence-electron chi connectivity index (χ1n) is 6.04. The Kier molecular flexibility index (Phi) is 2.44. The van der Waals surface area contributed by atoms with Crippen LogP contribution in [0.4, 0.5) is 0 Å². The minimum atomic E-state index is -0.269. The highest BCUT2D eigenvalue weighted by Gasteiger charge is 2.30. The molecule has 4 heteroatoms. The van der Waals surface area contributed by atoms with Gasteiger partial charge < -0.3 is 9.88 Å². The number of hydrogen-bond acceptors (Lipinski definition) is 2. The summed E-state index contributed by atoms with van der Waals surface area (Å²) in [4.78, 5) is 21.2. The van der Waals surface area contributed by atoms with Crippen molar-refractivity contribution < 1.29 is 4.79 Å². The molecular formula is C14H15N3O. The Hall–Kier alpha value is -2.10. The number of hydrogen-bond donors (Lipinski definition) is 1. The van der Waals surface area contributed by atoms with Crippen LogP contribution in [0.15, 0.2) is 35.5 Å². The van der Waals surface area contributed by atoms with Gasteiger partial charge in [0.25, 0.3) is 5.91 Å². The topological polar surface area (TPSA) is 48.5 Å². The molecule has 18 heavy (non-hydrogen) atoms.